The summed E-state index contributed by atoms with van der Waals surface area (Å²) in [7, 11) is -3.57. The van der Waals surface area contributed by atoms with Crippen molar-refractivity contribution in [3.05, 3.63) is 53.6 Å². The fraction of sp³-hybridized carbons (Fsp3) is 0.278. The molecule has 1 fully saturated rings. The van der Waals surface area contributed by atoms with Crippen LogP contribution in [0, 0.1) is 18.6 Å². The van der Waals surface area contributed by atoms with Crippen molar-refractivity contribution in [2.24, 2.45) is 0 Å². The molecule has 0 heterocycles. The maximum Gasteiger partial charge on any atom is 0.262 e. The fourth-order valence-electron chi connectivity index (χ4n) is 2.36. The predicted molar refractivity (Wildman–Crippen MR) is 95.0 cm³/mol. The van der Waals surface area contributed by atoms with Gasteiger partial charge >= 0.3 is 0 Å². The van der Waals surface area contributed by atoms with E-state index in [1.54, 1.807) is 6.92 Å². The lowest BCUT2D eigenvalue weighted by molar-refractivity contribution is -0.118. The van der Waals surface area contributed by atoms with Crippen molar-refractivity contribution in [2.75, 3.05) is 11.9 Å². The van der Waals surface area contributed by atoms with Gasteiger partial charge in [-0.05, 0) is 55.7 Å². The summed E-state index contributed by atoms with van der Waals surface area (Å²) < 4.78 is 58.7. The van der Waals surface area contributed by atoms with Gasteiger partial charge in [0.25, 0.3) is 5.91 Å². The molecule has 27 heavy (non-hydrogen) atoms. The second kappa shape index (κ2) is 7.61. The molecule has 9 heteroatoms. The number of benzene rings is 2. The van der Waals surface area contributed by atoms with E-state index in [-0.39, 0.29) is 16.6 Å². The summed E-state index contributed by atoms with van der Waals surface area (Å²) >= 11 is 0. The predicted octanol–water partition coefficient (Wildman–Crippen LogP) is 2.73. The van der Waals surface area contributed by atoms with E-state index < -0.39 is 34.2 Å². The number of aryl methyl sites for hydroxylation is 1. The van der Waals surface area contributed by atoms with E-state index in [9.17, 15) is 22.0 Å². The number of anilines is 1. The average molecular weight is 396 g/mol. The van der Waals surface area contributed by atoms with Gasteiger partial charge in [0, 0.05) is 12.1 Å². The van der Waals surface area contributed by atoms with Crippen molar-refractivity contribution >= 4 is 21.6 Å². The molecular weight excluding hydrogens is 378 g/mol. The summed E-state index contributed by atoms with van der Waals surface area (Å²) in [6.45, 7) is 1.24. The van der Waals surface area contributed by atoms with E-state index in [0.717, 1.165) is 25.0 Å². The lowest BCUT2D eigenvalue weighted by Gasteiger charge is -2.12. The van der Waals surface area contributed by atoms with E-state index in [2.05, 4.69) is 10.0 Å². The average Bonchev–Trinajstić information content (AvgIpc) is 3.39. The highest BCUT2D eigenvalue weighted by molar-refractivity contribution is 7.89. The molecule has 1 saturated carbocycles. The molecule has 0 spiro atoms. The Kier molecular flexibility index (Phi) is 5.43. The minimum absolute atomic E-state index is 0.00165. The van der Waals surface area contributed by atoms with Crippen molar-refractivity contribution < 1.29 is 26.7 Å². The molecule has 0 atom stereocenters. The Morgan fingerprint density at radius 3 is 2.56 bits per heavy atom. The highest BCUT2D eigenvalue weighted by Gasteiger charge is 2.28. The third-order valence-corrected chi connectivity index (χ3v) is 5.44. The number of carbonyl (C=O) groups excluding carboxylic acids is 1. The summed E-state index contributed by atoms with van der Waals surface area (Å²) in [6, 6.07) is 7.11. The molecule has 0 aliphatic heterocycles. The number of nitrogens with one attached hydrogen (secondary N) is 2. The Balaban J connectivity index is 1.61. The van der Waals surface area contributed by atoms with Crippen LogP contribution in [0.1, 0.15) is 18.4 Å². The van der Waals surface area contributed by atoms with Crippen LogP contribution < -0.4 is 14.8 Å². The van der Waals surface area contributed by atoms with Gasteiger partial charge in [-0.3, -0.25) is 4.79 Å². The Labute approximate surface area is 155 Å². The number of sulfonamides is 1. The number of carbonyl (C=O) groups is 1. The number of amides is 1. The minimum Gasteiger partial charge on any atom is -0.483 e. The number of hydrogen-bond acceptors (Lipinski definition) is 4. The second-order valence-electron chi connectivity index (χ2n) is 6.28. The summed E-state index contributed by atoms with van der Waals surface area (Å²) in [5.74, 6) is -1.94. The quantitative estimate of drug-likeness (QED) is 0.754. The Hall–Kier alpha value is -2.52. The molecule has 2 N–H and O–H groups in total. The minimum atomic E-state index is -3.57. The third kappa shape index (κ3) is 5.01. The molecule has 2 aromatic rings. The topological polar surface area (TPSA) is 84.5 Å². The highest BCUT2D eigenvalue weighted by Crippen LogP contribution is 2.25. The van der Waals surface area contributed by atoms with E-state index >= 15 is 0 Å². The molecule has 0 saturated heterocycles. The number of hydrogen-bond donors (Lipinski definition) is 2. The molecule has 1 aliphatic carbocycles. The number of rotatable bonds is 7. The Bertz CT molecular complexity index is 975. The third-order valence-electron chi connectivity index (χ3n) is 3.92. The van der Waals surface area contributed by atoms with Crippen LogP contribution in [0.25, 0.3) is 0 Å². The van der Waals surface area contributed by atoms with Gasteiger partial charge in [-0.25, -0.2) is 21.9 Å². The smallest absolute Gasteiger partial charge is 0.262 e. The Morgan fingerprint density at radius 1 is 1.19 bits per heavy atom. The lowest BCUT2D eigenvalue weighted by atomic mass is 10.2. The first-order chi connectivity index (χ1) is 12.7. The molecule has 0 bridgehead atoms. The van der Waals surface area contributed by atoms with Gasteiger partial charge in [0.2, 0.25) is 10.0 Å². The highest BCUT2D eigenvalue weighted by atomic mass is 32.2. The van der Waals surface area contributed by atoms with E-state index in [4.69, 9.17) is 4.74 Å². The lowest BCUT2D eigenvalue weighted by Crippen LogP contribution is -2.25. The first-order valence-electron chi connectivity index (χ1n) is 8.25. The molecule has 3 rings (SSSR count). The van der Waals surface area contributed by atoms with Crippen LogP contribution in [0.15, 0.2) is 41.3 Å². The van der Waals surface area contributed by atoms with Crippen LogP contribution in [0.4, 0.5) is 14.5 Å². The molecule has 2 aromatic carbocycles. The first kappa shape index (κ1) is 19.2. The van der Waals surface area contributed by atoms with Crippen molar-refractivity contribution in [2.45, 2.75) is 30.7 Å². The first-order valence-corrected chi connectivity index (χ1v) is 9.73. The van der Waals surface area contributed by atoms with Gasteiger partial charge in [-0.2, -0.15) is 0 Å². The van der Waals surface area contributed by atoms with Gasteiger partial charge in [-0.15, -0.1) is 0 Å². The summed E-state index contributed by atoms with van der Waals surface area (Å²) in [6.07, 6.45) is 1.67. The fourth-order valence-corrected chi connectivity index (χ4v) is 3.75. The van der Waals surface area contributed by atoms with E-state index in [0.29, 0.717) is 17.4 Å². The van der Waals surface area contributed by atoms with E-state index in [1.165, 1.54) is 18.2 Å². The zero-order valence-corrected chi connectivity index (χ0v) is 15.3. The van der Waals surface area contributed by atoms with E-state index in [1.807, 2.05) is 0 Å². The van der Waals surface area contributed by atoms with Gasteiger partial charge in [0.1, 0.15) is 17.4 Å². The van der Waals surface area contributed by atoms with Crippen LogP contribution in [0.5, 0.6) is 5.75 Å². The molecule has 1 amide bonds. The van der Waals surface area contributed by atoms with Crippen molar-refractivity contribution in [1.29, 1.82) is 0 Å². The second-order valence-corrected chi connectivity index (χ2v) is 8.00. The van der Waals surface area contributed by atoms with Crippen LogP contribution >= 0.6 is 0 Å². The number of halogens is 2. The molecule has 0 unspecified atom stereocenters. The van der Waals surface area contributed by atoms with Crippen LogP contribution in [0.3, 0.4) is 0 Å². The van der Waals surface area contributed by atoms with Crippen LogP contribution in [-0.4, -0.2) is 27.0 Å². The monoisotopic (exact) mass is 396 g/mol. The summed E-state index contributed by atoms with van der Waals surface area (Å²) in [4.78, 5) is 12.0. The normalized spacial score (nSPS) is 14.0. The van der Waals surface area contributed by atoms with Crippen molar-refractivity contribution in [3.63, 3.8) is 0 Å². The summed E-state index contributed by atoms with van der Waals surface area (Å²) in [5.41, 5.74) is 0.378. The van der Waals surface area contributed by atoms with Gasteiger partial charge in [0.05, 0.1) is 10.6 Å². The molecule has 0 aromatic heterocycles. The summed E-state index contributed by atoms with van der Waals surface area (Å²) in [5, 5.41) is 2.28. The van der Waals surface area contributed by atoms with Gasteiger partial charge < -0.3 is 10.1 Å². The standard InChI is InChI=1S/C18H18F2N2O4S/c1-11-8-14(27(24,25)22-13-3-4-13)5-7-17(11)26-10-18(23)21-16-6-2-12(19)9-15(16)20/h2,5-9,13,22H,3-4,10H2,1H3,(H,21,23). The van der Waals surface area contributed by atoms with Crippen LogP contribution in [0.2, 0.25) is 0 Å². The molecule has 144 valence electrons. The zero-order chi connectivity index (χ0) is 19.6. The zero-order valence-electron chi connectivity index (χ0n) is 14.5. The molecule has 1 aliphatic rings. The molecule has 0 radical (unpaired) electrons. The maximum atomic E-state index is 13.5. The largest absolute Gasteiger partial charge is 0.483 e. The Morgan fingerprint density at radius 2 is 1.93 bits per heavy atom. The van der Waals surface area contributed by atoms with Crippen LogP contribution in [-0.2, 0) is 14.8 Å². The number of ether oxygens (including phenoxy) is 1. The van der Waals surface area contributed by atoms with Gasteiger partial charge in [-0.1, -0.05) is 0 Å². The van der Waals surface area contributed by atoms with Crippen molar-refractivity contribution in [1.82, 2.24) is 4.72 Å². The SMILES string of the molecule is Cc1cc(S(=O)(=O)NC2CC2)ccc1OCC(=O)Nc1ccc(F)cc1F. The maximum absolute atomic E-state index is 13.5. The van der Waals surface area contributed by atoms with Crippen molar-refractivity contribution in [3.8, 4) is 5.75 Å². The molecule has 6 nitrogen and oxygen atoms in total. The molecular formula is C18H18F2N2O4S. The van der Waals surface area contributed by atoms with Gasteiger partial charge in [0.15, 0.2) is 6.61 Å².